The molecule has 0 aliphatic rings. The number of fused-ring (bicyclic) bond motifs is 1. The van der Waals surface area contributed by atoms with Gasteiger partial charge in [-0.25, -0.2) is 0 Å². The van der Waals surface area contributed by atoms with Gasteiger partial charge < -0.3 is 10.6 Å². The van der Waals surface area contributed by atoms with Crippen molar-refractivity contribution in [3.63, 3.8) is 0 Å². The van der Waals surface area contributed by atoms with Gasteiger partial charge in [0, 0.05) is 6.42 Å². The zero-order chi connectivity index (χ0) is 18.4. The lowest BCUT2D eigenvalue weighted by Crippen LogP contribution is -2.48. The Morgan fingerprint density at radius 3 is 2.62 bits per heavy atom. The van der Waals surface area contributed by atoms with Crippen LogP contribution in [-0.4, -0.2) is 24.4 Å². The molecule has 2 aromatic carbocycles. The molecule has 0 radical (unpaired) electrons. The van der Waals surface area contributed by atoms with Gasteiger partial charge in [-0.1, -0.05) is 48.5 Å². The van der Waals surface area contributed by atoms with E-state index >= 15 is 0 Å². The zero-order valence-electron chi connectivity index (χ0n) is 13.9. The first-order valence-electron chi connectivity index (χ1n) is 8.14. The highest BCUT2D eigenvalue weighted by Gasteiger charge is 2.22. The third-order valence-corrected chi connectivity index (χ3v) is 4.83. The Morgan fingerprint density at radius 1 is 1.08 bits per heavy atom. The van der Waals surface area contributed by atoms with Crippen molar-refractivity contribution >= 4 is 33.9 Å². The summed E-state index contributed by atoms with van der Waals surface area (Å²) in [4.78, 5) is 25.3. The van der Waals surface area contributed by atoms with Crippen LogP contribution in [0.3, 0.4) is 0 Å². The minimum atomic E-state index is -0.751. The van der Waals surface area contributed by atoms with Crippen LogP contribution in [0.15, 0.2) is 60.0 Å². The van der Waals surface area contributed by atoms with Gasteiger partial charge in [0.25, 0.3) is 5.91 Å². The lowest BCUT2D eigenvalue weighted by Gasteiger charge is -2.18. The Hall–Kier alpha value is -3.17. The molecule has 0 spiro atoms. The molecule has 0 fully saturated rings. The van der Waals surface area contributed by atoms with Crippen LogP contribution in [0, 0.1) is 11.3 Å². The van der Waals surface area contributed by atoms with E-state index in [1.807, 2.05) is 53.9 Å². The molecule has 3 rings (SSSR count). The van der Waals surface area contributed by atoms with E-state index in [-0.39, 0.29) is 18.4 Å². The molecular weight excluding hydrogens is 346 g/mol. The molecule has 26 heavy (non-hydrogen) atoms. The van der Waals surface area contributed by atoms with E-state index in [0.29, 0.717) is 11.3 Å². The molecule has 0 saturated heterocycles. The molecule has 1 unspecified atom stereocenters. The third-order valence-electron chi connectivity index (χ3n) is 3.96. The average molecular weight is 363 g/mol. The monoisotopic (exact) mass is 363 g/mol. The predicted octanol–water partition coefficient (Wildman–Crippen LogP) is 2.88. The number of nitrogens with zero attached hydrogens (tertiary/aromatic N) is 1. The quantitative estimate of drug-likeness (QED) is 0.661. The molecule has 3 aromatic rings. The molecule has 1 atom stereocenters. The number of nitrogens with one attached hydrogen (secondary N) is 2. The Bertz CT molecular complexity index is 961. The van der Waals surface area contributed by atoms with Crippen molar-refractivity contribution in [1.29, 1.82) is 5.26 Å². The van der Waals surface area contributed by atoms with Gasteiger partial charge in [0.2, 0.25) is 5.91 Å². The summed E-state index contributed by atoms with van der Waals surface area (Å²) < 4.78 is 0. The fourth-order valence-corrected chi connectivity index (χ4v) is 3.32. The number of amides is 2. The van der Waals surface area contributed by atoms with Crippen LogP contribution in [0.5, 0.6) is 0 Å². The third kappa shape index (κ3) is 4.26. The number of hydrogen-bond acceptors (Lipinski definition) is 4. The van der Waals surface area contributed by atoms with Crippen LogP contribution in [0.1, 0.15) is 15.2 Å². The second-order valence-electron chi connectivity index (χ2n) is 5.76. The van der Waals surface area contributed by atoms with Crippen molar-refractivity contribution in [2.75, 3.05) is 6.54 Å². The number of carbonyl (C=O) groups is 2. The summed E-state index contributed by atoms with van der Waals surface area (Å²) in [6.07, 6.45) is 0.346. The first-order chi connectivity index (χ1) is 12.7. The van der Waals surface area contributed by atoms with Gasteiger partial charge in [-0.3, -0.25) is 9.59 Å². The van der Waals surface area contributed by atoms with Gasteiger partial charge in [0.05, 0.1) is 10.9 Å². The van der Waals surface area contributed by atoms with Crippen LogP contribution in [0.4, 0.5) is 0 Å². The zero-order valence-corrected chi connectivity index (χ0v) is 14.8. The number of rotatable bonds is 6. The van der Waals surface area contributed by atoms with Crippen molar-refractivity contribution in [3.05, 3.63) is 70.4 Å². The van der Waals surface area contributed by atoms with E-state index in [1.165, 1.54) is 11.3 Å². The molecule has 6 heteroatoms. The van der Waals surface area contributed by atoms with Crippen LogP contribution >= 0.6 is 11.3 Å². The van der Waals surface area contributed by atoms with E-state index < -0.39 is 6.04 Å². The fourth-order valence-electron chi connectivity index (χ4n) is 2.70. The largest absolute Gasteiger partial charge is 0.341 e. The van der Waals surface area contributed by atoms with Crippen molar-refractivity contribution < 1.29 is 9.59 Å². The number of carbonyl (C=O) groups excluding carboxylic acids is 2. The molecule has 130 valence electrons. The van der Waals surface area contributed by atoms with Crippen molar-refractivity contribution in [3.8, 4) is 6.07 Å². The molecule has 0 aliphatic heterocycles. The molecule has 5 nitrogen and oxygen atoms in total. The van der Waals surface area contributed by atoms with Gasteiger partial charge in [-0.05, 0) is 27.8 Å². The minimum Gasteiger partial charge on any atom is -0.341 e. The van der Waals surface area contributed by atoms with E-state index in [1.54, 1.807) is 12.1 Å². The maximum atomic E-state index is 12.4. The Balaban J connectivity index is 1.80. The van der Waals surface area contributed by atoms with Gasteiger partial charge in [0.1, 0.15) is 12.6 Å². The highest BCUT2D eigenvalue weighted by atomic mass is 32.1. The van der Waals surface area contributed by atoms with Crippen LogP contribution in [0.25, 0.3) is 10.8 Å². The molecule has 0 aliphatic carbocycles. The second-order valence-corrected chi connectivity index (χ2v) is 6.71. The Kier molecular flexibility index (Phi) is 5.62. The maximum absolute atomic E-state index is 12.4. The number of nitriles is 1. The summed E-state index contributed by atoms with van der Waals surface area (Å²) in [5.74, 6) is -0.664. The Labute approximate surface area is 155 Å². The molecular formula is C20H17N3O2S. The summed E-state index contributed by atoms with van der Waals surface area (Å²) in [5, 5.41) is 18.0. The summed E-state index contributed by atoms with van der Waals surface area (Å²) in [6, 6.07) is 18.5. The van der Waals surface area contributed by atoms with Crippen LogP contribution in [0.2, 0.25) is 0 Å². The lowest BCUT2D eigenvalue weighted by atomic mass is 10.0. The second kappa shape index (κ2) is 8.28. The van der Waals surface area contributed by atoms with E-state index in [9.17, 15) is 9.59 Å². The summed E-state index contributed by atoms with van der Waals surface area (Å²) in [6.45, 7) is -0.0953. The van der Waals surface area contributed by atoms with E-state index in [4.69, 9.17) is 5.26 Å². The molecule has 1 aromatic heterocycles. The number of thiophene rings is 1. The van der Waals surface area contributed by atoms with Crippen molar-refractivity contribution in [1.82, 2.24) is 10.6 Å². The topological polar surface area (TPSA) is 82.0 Å². The molecule has 1 heterocycles. The number of benzene rings is 2. The normalized spacial score (nSPS) is 11.5. The van der Waals surface area contributed by atoms with Crippen molar-refractivity contribution in [2.45, 2.75) is 12.5 Å². The molecule has 0 saturated carbocycles. The van der Waals surface area contributed by atoms with Gasteiger partial charge in [0.15, 0.2) is 0 Å². The summed E-state index contributed by atoms with van der Waals surface area (Å²) in [7, 11) is 0. The summed E-state index contributed by atoms with van der Waals surface area (Å²) in [5.41, 5.74) is 0.937. The van der Waals surface area contributed by atoms with Crippen molar-refractivity contribution in [2.24, 2.45) is 0 Å². The molecule has 2 amide bonds. The highest BCUT2D eigenvalue weighted by molar-refractivity contribution is 7.12. The summed E-state index contributed by atoms with van der Waals surface area (Å²) >= 11 is 1.31. The molecule has 0 bridgehead atoms. The highest BCUT2D eigenvalue weighted by Crippen LogP contribution is 2.17. The minimum absolute atomic E-state index is 0.0953. The average Bonchev–Trinajstić information content (AvgIpc) is 3.20. The van der Waals surface area contributed by atoms with E-state index in [2.05, 4.69) is 10.6 Å². The maximum Gasteiger partial charge on any atom is 0.262 e. The van der Waals surface area contributed by atoms with Crippen LogP contribution < -0.4 is 10.6 Å². The SMILES string of the molecule is N#CCNC(=O)C(Cc1ccc2ccccc2c1)NC(=O)c1cccs1. The lowest BCUT2D eigenvalue weighted by molar-refractivity contribution is -0.122. The first kappa shape index (κ1) is 17.6. The number of hydrogen-bond donors (Lipinski definition) is 2. The Morgan fingerprint density at radius 2 is 1.88 bits per heavy atom. The predicted molar refractivity (Wildman–Crippen MR) is 102 cm³/mol. The fraction of sp³-hybridized carbons (Fsp3) is 0.150. The van der Waals surface area contributed by atoms with Gasteiger partial charge >= 0.3 is 0 Å². The first-order valence-corrected chi connectivity index (χ1v) is 9.02. The van der Waals surface area contributed by atoms with E-state index in [0.717, 1.165) is 16.3 Å². The van der Waals surface area contributed by atoms with Crippen LogP contribution in [-0.2, 0) is 11.2 Å². The van der Waals surface area contributed by atoms with Gasteiger partial charge in [-0.15, -0.1) is 11.3 Å². The smallest absolute Gasteiger partial charge is 0.262 e. The van der Waals surface area contributed by atoms with Gasteiger partial charge in [-0.2, -0.15) is 5.26 Å². The standard InChI is InChI=1S/C20H17N3O2S/c21-9-10-22-19(24)17(23-20(25)18-6-3-11-26-18)13-14-7-8-15-4-1-2-5-16(15)12-14/h1-8,11-12,17H,10,13H2,(H,22,24)(H,23,25). The molecule has 2 N–H and O–H groups in total.